The first-order valence-electron chi connectivity index (χ1n) is 8.66. The molecule has 3 rings (SSSR count). The number of hydrogen-bond acceptors (Lipinski definition) is 4. The number of carbonyl (C=O) groups is 2. The molecule has 0 saturated heterocycles. The van der Waals surface area contributed by atoms with Gasteiger partial charge in [0.15, 0.2) is 5.69 Å². The Morgan fingerprint density at radius 1 is 1.24 bits per heavy atom. The number of amides is 2. The smallest absolute Gasteiger partial charge is 0.272 e. The zero-order valence-corrected chi connectivity index (χ0v) is 14.4. The van der Waals surface area contributed by atoms with Crippen LogP contribution < -0.4 is 10.6 Å². The molecule has 2 N–H and O–H groups in total. The van der Waals surface area contributed by atoms with E-state index in [1.54, 1.807) is 19.3 Å². The monoisotopic (exact) mass is 341 g/mol. The summed E-state index contributed by atoms with van der Waals surface area (Å²) in [6, 6.07) is 7.14. The van der Waals surface area contributed by atoms with Crippen molar-refractivity contribution < 1.29 is 9.59 Å². The lowest BCUT2D eigenvalue weighted by atomic mass is 9.89. The molecular weight excluding hydrogens is 318 g/mol. The quantitative estimate of drug-likeness (QED) is 0.873. The lowest BCUT2D eigenvalue weighted by Crippen LogP contribution is -2.25. The molecular formula is C18H23N5O2. The predicted molar refractivity (Wildman–Crippen MR) is 93.8 cm³/mol. The van der Waals surface area contributed by atoms with Crippen LogP contribution in [0.5, 0.6) is 0 Å². The summed E-state index contributed by atoms with van der Waals surface area (Å²) >= 11 is 0. The number of nitrogens with zero attached hydrogens (tertiary/aromatic N) is 3. The average Bonchev–Trinajstić information content (AvgIpc) is 3.02. The fourth-order valence-electron chi connectivity index (χ4n) is 3.05. The summed E-state index contributed by atoms with van der Waals surface area (Å²) < 4.78 is 1.52. The Labute approximate surface area is 146 Å². The summed E-state index contributed by atoms with van der Waals surface area (Å²) in [6.07, 6.45) is 6.95. The van der Waals surface area contributed by atoms with Crippen molar-refractivity contribution in [2.45, 2.75) is 38.6 Å². The standard InChI is InChI=1S/C18H23N5O2/c1-23-16(21-17(24)13-7-3-2-4-8-13)11-15(22-23)18(25)20-12-14-9-5-6-10-19-14/h5-6,9-11,13H,2-4,7-8,12H2,1H3,(H,20,25)(H,21,24). The van der Waals surface area contributed by atoms with Crippen LogP contribution in [0.25, 0.3) is 0 Å². The van der Waals surface area contributed by atoms with Gasteiger partial charge in [0, 0.05) is 25.2 Å². The molecule has 1 saturated carbocycles. The Morgan fingerprint density at radius 3 is 2.76 bits per heavy atom. The molecule has 1 aliphatic carbocycles. The van der Waals surface area contributed by atoms with Crippen LogP contribution in [0.15, 0.2) is 30.5 Å². The van der Waals surface area contributed by atoms with Crippen LogP contribution in [0.2, 0.25) is 0 Å². The number of aryl methyl sites for hydroxylation is 1. The van der Waals surface area contributed by atoms with E-state index in [9.17, 15) is 9.59 Å². The third-order valence-electron chi connectivity index (χ3n) is 4.50. The Balaban J connectivity index is 1.59. The van der Waals surface area contributed by atoms with E-state index in [2.05, 4.69) is 20.7 Å². The molecule has 1 aliphatic rings. The lowest BCUT2D eigenvalue weighted by molar-refractivity contribution is -0.120. The predicted octanol–water partition coefficient (Wildman–Crippen LogP) is 2.26. The van der Waals surface area contributed by atoms with E-state index in [0.717, 1.165) is 31.4 Å². The van der Waals surface area contributed by atoms with Gasteiger partial charge in [-0.15, -0.1) is 0 Å². The minimum Gasteiger partial charge on any atom is -0.345 e. The van der Waals surface area contributed by atoms with Crippen molar-refractivity contribution in [1.29, 1.82) is 0 Å². The van der Waals surface area contributed by atoms with Gasteiger partial charge in [0.05, 0.1) is 12.2 Å². The summed E-state index contributed by atoms with van der Waals surface area (Å²) in [4.78, 5) is 28.8. The number of anilines is 1. The van der Waals surface area contributed by atoms with Crippen LogP contribution >= 0.6 is 0 Å². The zero-order chi connectivity index (χ0) is 17.6. The Bertz CT molecular complexity index is 735. The second-order valence-corrected chi connectivity index (χ2v) is 6.37. The molecule has 0 aromatic carbocycles. The molecule has 2 heterocycles. The minimum absolute atomic E-state index is 0.0168. The first-order chi connectivity index (χ1) is 12.1. The number of hydrogen-bond donors (Lipinski definition) is 2. The summed E-state index contributed by atoms with van der Waals surface area (Å²) in [7, 11) is 1.71. The molecule has 7 heteroatoms. The molecule has 2 aromatic rings. The van der Waals surface area contributed by atoms with Crippen LogP contribution in [0, 0.1) is 5.92 Å². The van der Waals surface area contributed by atoms with E-state index in [1.807, 2.05) is 18.2 Å². The van der Waals surface area contributed by atoms with Crippen molar-refractivity contribution >= 4 is 17.6 Å². The first-order valence-corrected chi connectivity index (χ1v) is 8.66. The number of nitrogens with one attached hydrogen (secondary N) is 2. The van der Waals surface area contributed by atoms with Gasteiger partial charge >= 0.3 is 0 Å². The minimum atomic E-state index is -0.292. The van der Waals surface area contributed by atoms with Gasteiger partial charge in [0.2, 0.25) is 5.91 Å². The van der Waals surface area contributed by atoms with Crippen LogP contribution in [-0.2, 0) is 18.4 Å². The number of rotatable bonds is 5. The van der Waals surface area contributed by atoms with Gasteiger partial charge in [-0.3, -0.25) is 19.3 Å². The molecule has 0 atom stereocenters. The molecule has 0 aliphatic heterocycles. The second kappa shape index (κ2) is 7.92. The van der Waals surface area contributed by atoms with E-state index >= 15 is 0 Å². The number of carbonyl (C=O) groups excluding carboxylic acids is 2. The van der Waals surface area contributed by atoms with Gasteiger partial charge in [-0.2, -0.15) is 5.10 Å². The molecule has 132 valence electrons. The van der Waals surface area contributed by atoms with Crippen LogP contribution in [0.1, 0.15) is 48.3 Å². The van der Waals surface area contributed by atoms with Gasteiger partial charge in [0.1, 0.15) is 5.82 Å². The van der Waals surface area contributed by atoms with E-state index in [-0.39, 0.29) is 23.4 Å². The Hall–Kier alpha value is -2.70. The molecule has 0 unspecified atom stereocenters. The maximum Gasteiger partial charge on any atom is 0.272 e. The molecule has 0 radical (unpaired) electrons. The van der Waals surface area contributed by atoms with Crippen molar-refractivity contribution in [2.24, 2.45) is 13.0 Å². The highest BCUT2D eigenvalue weighted by atomic mass is 16.2. The molecule has 1 fully saturated rings. The zero-order valence-electron chi connectivity index (χ0n) is 14.4. The lowest BCUT2D eigenvalue weighted by Gasteiger charge is -2.20. The highest BCUT2D eigenvalue weighted by molar-refractivity contribution is 5.96. The van der Waals surface area contributed by atoms with E-state index in [4.69, 9.17) is 0 Å². The van der Waals surface area contributed by atoms with Crippen LogP contribution in [0.3, 0.4) is 0 Å². The average molecular weight is 341 g/mol. The highest BCUT2D eigenvalue weighted by Crippen LogP contribution is 2.25. The van der Waals surface area contributed by atoms with Crippen LogP contribution in [-0.4, -0.2) is 26.6 Å². The van der Waals surface area contributed by atoms with E-state index in [0.29, 0.717) is 12.4 Å². The molecule has 7 nitrogen and oxygen atoms in total. The molecule has 2 amide bonds. The summed E-state index contributed by atoms with van der Waals surface area (Å²) in [5, 5.41) is 9.87. The molecule has 2 aromatic heterocycles. The van der Waals surface area contributed by atoms with E-state index in [1.165, 1.54) is 11.1 Å². The third-order valence-corrected chi connectivity index (χ3v) is 4.50. The molecule has 0 bridgehead atoms. The fourth-order valence-corrected chi connectivity index (χ4v) is 3.05. The van der Waals surface area contributed by atoms with Gasteiger partial charge in [-0.1, -0.05) is 25.3 Å². The number of pyridine rings is 1. The largest absolute Gasteiger partial charge is 0.345 e. The first kappa shape index (κ1) is 17.1. The van der Waals surface area contributed by atoms with Crippen molar-refractivity contribution in [2.75, 3.05) is 5.32 Å². The topological polar surface area (TPSA) is 88.9 Å². The maximum atomic E-state index is 12.3. The normalized spacial score (nSPS) is 14.9. The summed E-state index contributed by atoms with van der Waals surface area (Å²) in [6.45, 7) is 0.333. The van der Waals surface area contributed by atoms with Gasteiger partial charge in [-0.25, -0.2) is 0 Å². The number of aromatic nitrogens is 3. The van der Waals surface area contributed by atoms with Crippen LogP contribution in [0.4, 0.5) is 5.82 Å². The van der Waals surface area contributed by atoms with Crippen molar-refractivity contribution in [3.8, 4) is 0 Å². The van der Waals surface area contributed by atoms with Crippen molar-refractivity contribution in [3.05, 3.63) is 41.9 Å². The second-order valence-electron chi connectivity index (χ2n) is 6.37. The van der Waals surface area contributed by atoms with Gasteiger partial charge in [0.25, 0.3) is 5.91 Å². The molecule has 25 heavy (non-hydrogen) atoms. The van der Waals surface area contributed by atoms with Crippen molar-refractivity contribution in [1.82, 2.24) is 20.1 Å². The highest BCUT2D eigenvalue weighted by Gasteiger charge is 2.22. The third kappa shape index (κ3) is 4.43. The van der Waals surface area contributed by atoms with E-state index < -0.39 is 0 Å². The summed E-state index contributed by atoms with van der Waals surface area (Å²) in [5.74, 6) is 0.325. The van der Waals surface area contributed by atoms with Gasteiger partial charge < -0.3 is 10.6 Å². The Kier molecular flexibility index (Phi) is 5.42. The molecule has 0 spiro atoms. The van der Waals surface area contributed by atoms with Crippen molar-refractivity contribution in [3.63, 3.8) is 0 Å². The summed E-state index contributed by atoms with van der Waals surface area (Å²) in [5.41, 5.74) is 1.05. The SMILES string of the molecule is Cn1nc(C(=O)NCc2ccccn2)cc1NC(=O)C1CCCCC1. The van der Waals surface area contributed by atoms with Gasteiger partial charge in [-0.05, 0) is 25.0 Å². The fraction of sp³-hybridized carbons (Fsp3) is 0.444. The maximum absolute atomic E-state index is 12.3. The Morgan fingerprint density at radius 2 is 2.04 bits per heavy atom.